The van der Waals surface area contributed by atoms with E-state index in [4.69, 9.17) is 18.9 Å². The van der Waals surface area contributed by atoms with Crippen molar-refractivity contribution in [3.8, 4) is 0 Å². The lowest BCUT2D eigenvalue weighted by molar-refractivity contribution is -0.212. The van der Waals surface area contributed by atoms with E-state index in [9.17, 15) is 37.1 Å². The summed E-state index contributed by atoms with van der Waals surface area (Å²) in [6, 6.07) is 4.28. The number of esters is 4. The first-order valence-corrected chi connectivity index (χ1v) is 13.7. The summed E-state index contributed by atoms with van der Waals surface area (Å²) in [4.78, 5) is 68.3. The Labute approximate surface area is 242 Å². The van der Waals surface area contributed by atoms with Gasteiger partial charge in [0.15, 0.2) is 10.8 Å². The Kier molecular flexibility index (Phi) is 11.5. The van der Waals surface area contributed by atoms with Crippen molar-refractivity contribution in [2.24, 2.45) is 22.7 Å². The number of carbonyl (C=O) groups is 5. The zero-order valence-electron chi connectivity index (χ0n) is 24.6. The molecule has 1 aromatic rings. The van der Waals surface area contributed by atoms with Crippen LogP contribution in [0.25, 0.3) is 6.08 Å². The lowest BCUT2D eigenvalue weighted by atomic mass is 9.49. The molecule has 0 bridgehead atoms. The number of alkyl halides is 3. The monoisotopic (exact) mass is 598 g/mol. The Bertz CT molecular complexity index is 1170. The molecule has 0 N–H and O–H groups in total. The van der Waals surface area contributed by atoms with Crippen LogP contribution in [-0.2, 0) is 49.1 Å². The smallest absolute Gasteiger partial charge is 0.416 e. The number of rotatable bonds is 11. The summed E-state index contributed by atoms with van der Waals surface area (Å²) in [5.41, 5.74) is -5.32. The zero-order chi connectivity index (χ0) is 31.9. The molecule has 1 saturated carbocycles. The van der Waals surface area contributed by atoms with Gasteiger partial charge in [-0.25, -0.2) is 0 Å². The molecule has 0 aliphatic heterocycles. The topological polar surface area (TPSA) is 122 Å². The van der Waals surface area contributed by atoms with E-state index < -0.39 is 76.9 Å². The predicted molar refractivity (Wildman–Crippen MR) is 143 cm³/mol. The van der Waals surface area contributed by atoms with Gasteiger partial charge in [-0.3, -0.25) is 24.0 Å². The van der Waals surface area contributed by atoms with Crippen molar-refractivity contribution in [3.63, 3.8) is 0 Å². The Morgan fingerprint density at radius 3 is 1.38 bits per heavy atom. The van der Waals surface area contributed by atoms with Gasteiger partial charge in [0.1, 0.15) is 5.78 Å². The highest BCUT2D eigenvalue weighted by Crippen LogP contribution is 2.59. The molecular formula is C30H37F3O9. The third-order valence-corrected chi connectivity index (χ3v) is 7.50. The standard InChI is InChI=1S/C30H37F3O9/c1-7-39-24(35)28(25(36)40-8-2)16-22(18(5)15-20-11-13-21(14-12-20)30(31,32)33)23(19(6)34)17-29(28,26(37)41-9-3)27(38)42-10-4/h11-15,22-23H,7-10,16-17H2,1-6H3/b18-15+. The highest BCUT2D eigenvalue weighted by atomic mass is 19.4. The number of hydrogen-bond donors (Lipinski definition) is 0. The minimum atomic E-state index is -4.54. The van der Waals surface area contributed by atoms with Crippen LogP contribution in [0.4, 0.5) is 13.2 Å². The quantitative estimate of drug-likeness (QED) is 0.198. The van der Waals surface area contributed by atoms with Gasteiger partial charge < -0.3 is 18.9 Å². The lowest BCUT2D eigenvalue weighted by Gasteiger charge is -2.50. The van der Waals surface area contributed by atoms with Gasteiger partial charge in [0.25, 0.3) is 0 Å². The van der Waals surface area contributed by atoms with Crippen molar-refractivity contribution in [1.29, 1.82) is 0 Å². The minimum Gasteiger partial charge on any atom is -0.465 e. The molecule has 232 valence electrons. The van der Waals surface area contributed by atoms with Crippen LogP contribution in [0.5, 0.6) is 0 Å². The predicted octanol–water partition coefficient (Wildman–Crippen LogP) is 4.95. The Morgan fingerprint density at radius 1 is 0.714 bits per heavy atom. The van der Waals surface area contributed by atoms with E-state index in [0.29, 0.717) is 11.1 Å². The third kappa shape index (κ3) is 6.52. The Hall–Kier alpha value is -3.70. The van der Waals surface area contributed by atoms with Crippen molar-refractivity contribution >= 4 is 35.7 Å². The molecule has 0 saturated heterocycles. The average molecular weight is 599 g/mol. The summed E-state index contributed by atoms with van der Waals surface area (Å²) in [6.45, 7) is 7.84. The molecule has 1 aliphatic rings. The number of hydrogen-bond acceptors (Lipinski definition) is 9. The highest BCUT2D eigenvalue weighted by molar-refractivity contribution is 6.15. The van der Waals surface area contributed by atoms with Gasteiger partial charge in [0.2, 0.25) is 0 Å². The van der Waals surface area contributed by atoms with Crippen molar-refractivity contribution in [2.75, 3.05) is 26.4 Å². The Balaban J connectivity index is 2.90. The highest BCUT2D eigenvalue weighted by Gasteiger charge is 2.76. The first-order chi connectivity index (χ1) is 19.7. The van der Waals surface area contributed by atoms with Crippen LogP contribution >= 0.6 is 0 Å². The molecule has 1 fully saturated rings. The van der Waals surface area contributed by atoms with Crippen molar-refractivity contribution in [2.45, 2.75) is 60.6 Å². The number of allylic oxidation sites excluding steroid dienone is 1. The van der Waals surface area contributed by atoms with Crippen LogP contribution in [0.1, 0.15) is 65.5 Å². The summed E-state index contributed by atoms with van der Waals surface area (Å²) < 4.78 is 60.3. The average Bonchev–Trinajstić information content (AvgIpc) is 2.92. The second-order valence-electron chi connectivity index (χ2n) is 9.93. The van der Waals surface area contributed by atoms with E-state index in [0.717, 1.165) is 12.1 Å². The fraction of sp³-hybridized carbons (Fsp3) is 0.567. The molecule has 0 amide bonds. The molecule has 42 heavy (non-hydrogen) atoms. The van der Waals surface area contributed by atoms with Crippen LogP contribution in [0.3, 0.4) is 0 Å². The summed E-state index contributed by atoms with van der Waals surface area (Å²) in [5.74, 6) is -7.41. The molecule has 2 rings (SSSR count). The fourth-order valence-electron chi connectivity index (χ4n) is 5.55. The summed E-state index contributed by atoms with van der Waals surface area (Å²) in [7, 11) is 0. The maximum Gasteiger partial charge on any atom is 0.416 e. The molecule has 1 aliphatic carbocycles. The van der Waals surface area contributed by atoms with Gasteiger partial charge >= 0.3 is 30.1 Å². The van der Waals surface area contributed by atoms with Crippen molar-refractivity contribution in [3.05, 3.63) is 41.0 Å². The lowest BCUT2D eigenvalue weighted by Crippen LogP contribution is -2.67. The number of Topliss-reactive ketones (excluding diaryl/α,β-unsaturated/α-hetero) is 1. The van der Waals surface area contributed by atoms with Gasteiger partial charge in [-0.05, 0) is 78.0 Å². The van der Waals surface area contributed by atoms with Crippen LogP contribution in [0, 0.1) is 22.7 Å². The summed E-state index contributed by atoms with van der Waals surface area (Å²) in [6.07, 6.45) is -4.23. The molecule has 2 atom stereocenters. The summed E-state index contributed by atoms with van der Waals surface area (Å²) in [5, 5.41) is 0. The second kappa shape index (κ2) is 14.0. The molecule has 12 heteroatoms. The molecule has 0 aromatic heterocycles. The minimum absolute atomic E-state index is 0.219. The normalized spacial score (nSPS) is 19.8. The van der Waals surface area contributed by atoms with Crippen molar-refractivity contribution in [1.82, 2.24) is 0 Å². The first kappa shape index (κ1) is 34.5. The second-order valence-corrected chi connectivity index (χ2v) is 9.93. The van der Waals surface area contributed by atoms with E-state index in [1.54, 1.807) is 6.92 Å². The van der Waals surface area contributed by atoms with Crippen LogP contribution in [0.15, 0.2) is 29.8 Å². The zero-order valence-corrected chi connectivity index (χ0v) is 24.6. The largest absolute Gasteiger partial charge is 0.465 e. The number of carbonyl (C=O) groups excluding carboxylic acids is 5. The van der Waals surface area contributed by atoms with E-state index >= 15 is 0 Å². The van der Waals surface area contributed by atoms with E-state index in [1.165, 1.54) is 52.8 Å². The van der Waals surface area contributed by atoms with Gasteiger partial charge in [-0.1, -0.05) is 23.8 Å². The van der Waals surface area contributed by atoms with Crippen LogP contribution in [-0.4, -0.2) is 56.1 Å². The van der Waals surface area contributed by atoms with E-state index in [-0.39, 0.29) is 26.4 Å². The van der Waals surface area contributed by atoms with Gasteiger partial charge in [-0.15, -0.1) is 0 Å². The number of benzene rings is 1. The van der Waals surface area contributed by atoms with E-state index in [1.807, 2.05) is 0 Å². The first-order valence-electron chi connectivity index (χ1n) is 13.7. The molecule has 9 nitrogen and oxygen atoms in total. The molecule has 2 unspecified atom stereocenters. The molecular weight excluding hydrogens is 561 g/mol. The number of ketones is 1. The summed E-state index contributed by atoms with van der Waals surface area (Å²) >= 11 is 0. The molecule has 1 aromatic carbocycles. The van der Waals surface area contributed by atoms with E-state index in [2.05, 4.69) is 0 Å². The van der Waals surface area contributed by atoms with Gasteiger partial charge in [0, 0.05) is 5.92 Å². The molecule has 0 spiro atoms. The molecule has 0 radical (unpaired) electrons. The maximum atomic E-state index is 13.9. The number of halogens is 3. The van der Waals surface area contributed by atoms with Crippen LogP contribution < -0.4 is 0 Å². The van der Waals surface area contributed by atoms with Crippen molar-refractivity contribution < 1.29 is 56.1 Å². The van der Waals surface area contributed by atoms with Gasteiger partial charge in [-0.2, -0.15) is 13.2 Å². The van der Waals surface area contributed by atoms with Crippen LogP contribution in [0.2, 0.25) is 0 Å². The maximum absolute atomic E-state index is 13.9. The SMILES string of the molecule is CCOC(=O)C1(C(=O)OCC)CC(C(C)=O)C(/C(C)=C/c2ccc(C(F)(F)F)cc2)CC1(C(=O)OCC)C(=O)OCC. The third-order valence-electron chi connectivity index (χ3n) is 7.50. The molecule has 0 heterocycles. The fourth-order valence-corrected chi connectivity index (χ4v) is 5.55. The number of ether oxygens (including phenoxy) is 4. The van der Waals surface area contributed by atoms with Gasteiger partial charge in [0.05, 0.1) is 32.0 Å². The Morgan fingerprint density at radius 2 is 1.07 bits per heavy atom.